The van der Waals surface area contributed by atoms with E-state index < -0.39 is 6.61 Å². The zero-order valence-electron chi connectivity index (χ0n) is 10.7. The highest BCUT2D eigenvalue weighted by molar-refractivity contribution is 6.32. The van der Waals surface area contributed by atoms with Gasteiger partial charge in [0.05, 0.1) is 5.02 Å². The van der Waals surface area contributed by atoms with Crippen LogP contribution in [0.4, 0.5) is 14.5 Å². The molecule has 0 fully saturated rings. The summed E-state index contributed by atoms with van der Waals surface area (Å²) in [6.45, 7) is -0.908. The molecule has 2 rings (SSSR count). The Labute approximate surface area is 120 Å². The molecule has 20 heavy (non-hydrogen) atoms. The SMILES string of the molecule is CC(Nc1ccc(OC(F)F)c(Cl)c1)c1ccncc1. The lowest BCUT2D eigenvalue weighted by Gasteiger charge is -2.16. The first-order valence-corrected chi connectivity index (χ1v) is 6.35. The van der Waals surface area contributed by atoms with Crippen molar-refractivity contribution in [1.29, 1.82) is 0 Å². The summed E-state index contributed by atoms with van der Waals surface area (Å²) in [7, 11) is 0. The van der Waals surface area contributed by atoms with Crippen LogP contribution < -0.4 is 10.1 Å². The molecule has 0 spiro atoms. The molecular formula is C14H13ClF2N2O. The number of anilines is 1. The van der Waals surface area contributed by atoms with Crippen molar-refractivity contribution in [2.24, 2.45) is 0 Å². The molecule has 6 heteroatoms. The maximum absolute atomic E-state index is 12.1. The average Bonchev–Trinajstić information content (AvgIpc) is 2.42. The van der Waals surface area contributed by atoms with Crippen molar-refractivity contribution in [2.75, 3.05) is 5.32 Å². The van der Waals surface area contributed by atoms with Crippen molar-refractivity contribution in [2.45, 2.75) is 19.6 Å². The summed E-state index contributed by atoms with van der Waals surface area (Å²) in [5, 5.41) is 3.36. The lowest BCUT2D eigenvalue weighted by molar-refractivity contribution is -0.0497. The van der Waals surface area contributed by atoms with E-state index in [1.807, 2.05) is 19.1 Å². The van der Waals surface area contributed by atoms with Crippen LogP contribution in [0, 0.1) is 0 Å². The van der Waals surface area contributed by atoms with Crippen LogP contribution in [0.2, 0.25) is 5.02 Å². The minimum Gasteiger partial charge on any atom is -0.433 e. The number of nitrogens with one attached hydrogen (secondary N) is 1. The number of nitrogens with zero attached hydrogens (tertiary/aromatic N) is 1. The van der Waals surface area contributed by atoms with Crippen molar-refractivity contribution < 1.29 is 13.5 Å². The minimum absolute atomic E-state index is 0.0379. The van der Waals surface area contributed by atoms with Gasteiger partial charge >= 0.3 is 6.61 Å². The number of benzene rings is 1. The molecule has 0 aliphatic heterocycles. The molecule has 1 atom stereocenters. The molecule has 0 aliphatic carbocycles. The molecule has 0 aliphatic rings. The Kier molecular flexibility index (Phi) is 4.74. The quantitative estimate of drug-likeness (QED) is 0.882. The maximum atomic E-state index is 12.1. The van der Waals surface area contributed by atoms with Crippen LogP contribution in [-0.2, 0) is 0 Å². The molecule has 0 bridgehead atoms. The van der Waals surface area contributed by atoms with Crippen LogP contribution in [0.25, 0.3) is 0 Å². The number of rotatable bonds is 5. The lowest BCUT2D eigenvalue weighted by atomic mass is 10.1. The van der Waals surface area contributed by atoms with Gasteiger partial charge in [0.2, 0.25) is 0 Å². The molecule has 1 aromatic heterocycles. The van der Waals surface area contributed by atoms with Crippen molar-refractivity contribution >= 4 is 17.3 Å². The molecule has 0 radical (unpaired) electrons. The van der Waals surface area contributed by atoms with E-state index in [9.17, 15) is 8.78 Å². The summed E-state index contributed by atoms with van der Waals surface area (Å²) < 4.78 is 28.5. The van der Waals surface area contributed by atoms with Gasteiger partial charge in [-0.15, -0.1) is 0 Å². The molecule has 0 saturated heterocycles. The zero-order chi connectivity index (χ0) is 14.5. The van der Waals surface area contributed by atoms with Crippen molar-refractivity contribution in [3.63, 3.8) is 0 Å². The molecule has 2 aromatic rings. The fourth-order valence-electron chi connectivity index (χ4n) is 1.77. The number of pyridine rings is 1. The van der Waals surface area contributed by atoms with E-state index >= 15 is 0 Å². The topological polar surface area (TPSA) is 34.1 Å². The molecular weight excluding hydrogens is 286 g/mol. The summed E-state index contributed by atoms with van der Waals surface area (Å²) in [5.41, 5.74) is 1.78. The summed E-state index contributed by atoms with van der Waals surface area (Å²) in [6.07, 6.45) is 3.42. The molecule has 1 unspecified atom stereocenters. The van der Waals surface area contributed by atoms with Gasteiger partial charge < -0.3 is 10.1 Å². The van der Waals surface area contributed by atoms with Crippen LogP contribution in [0.3, 0.4) is 0 Å². The number of hydrogen-bond acceptors (Lipinski definition) is 3. The molecule has 0 amide bonds. The van der Waals surface area contributed by atoms with Gasteiger partial charge in [-0.2, -0.15) is 8.78 Å². The summed E-state index contributed by atoms with van der Waals surface area (Å²) in [5.74, 6) is -0.0382. The average molecular weight is 299 g/mol. The third-order valence-electron chi connectivity index (χ3n) is 2.74. The van der Waals surface area contributed by atoms with Crippen LogP contribution >= 0.6 is 11.6 Å². The van der Waals surface area contributed by atoms with E-state index in [0.29, 0.717) is 0 Å². The van der Waals surface area contributed by atoms with E-state index in [0.717, 1.165) is 11.3 Å². The molecule has 3 nitrogen and oxygen atoms in total. The standard InChI is InChI=1S/C14H13ClF2N2O/c1-9(10-4-6-18-7-5-10)19-11-2-3-13(12(15)8-11)20-14(16)17/h2-9,14,19H,1H3. The van der Waals surface area contributed by atoms with Crippen LogP contribution in [-0.4, -0.2) is 11.6 Å². The van der Waals surface area contributed by atoms with E-state index in [-0.39, 0.29) is 16.8 Å². The first-order valence-electron chi connectivity index (χ1n) is 5.97. The highest BCUT2D eigenvalue weighted by Crippen LogP contribution is 2.30. The smallest absolute Gasteiger partial charge is 0.387 e. The van der Waals surface area contributed by atoms with Crippen molar-refractivity contribution in [3.05, 3.63) is 53.3 Å². The Morgan fingerprint density at radius 2 is 1.90 bits per heavy atom. The summed E-state index contributed by atoms with van der Waals surface area (Å²) >= 11 is 5.89. The van der Waals surface area contributed by atoms with Gasteiger partial charge in [0, 0.05) is 24.1 Å². The highest BCUT2D eigenvalue weighted by Gasteiger charge is 2.10. The first kappa shape index (κ1) is 14.5. The third kappa shape index (κ3) is 3.81. The second kappa shape index (κ2) is 6.52. The van der Waals surface area contributed by atoms with Crippen LogP contribution in [0.5, 0.6) is 5.75 Å². The third-order valence-corrected chi connectivity index (χ3v) is 3.03. The number of hydrogen-bond donors (Lipinski definition) is 1. The lowest BCUT2D eigenvalue weighted by Crippen LogP contribution is -2.07. The summed E-state index contributed by atoms with van der Waals surface area (Å²) in [4.78, 5) is 3.95. The fraction of sp³-hybridized carbons (Fsp3) is 0.214. The predicted octanol–water partition coefficient (Wildman–Crippen LogP) is 4.51. The molecule has 1 heterocycles. The van der Waals surface area contributed by atoms with E-state index in [1.54, 1.807) is 24.5 Å². The number of alkyl halides is 2. The molecule has 1 aromatic carbocycles. The minimum atomic E-state index is -2.89. The molecule has 0 saturated carbocycles. The highest BCUT2D eigenvalue weighted by atomic mass is 35.5. The second-order valence-corrected chi connectivity index (χ2v) is 4.58. The Bertz CT molecular complexity index is 566. The van der Waals surface area contributed by atoms with Gasteiger partial charge in [0.1, 0.15) is 5.75 Å². The predicted molar refractivity (Wildman–Crippen MR) is 74.4 cm³/mol. The van der Waals surface area contributed by atoms with Gasteiger partial charge in [0.15, 0.2) is 0 Å². The van der Waals surface area contributed by atoms with Crippen LogP contribution in [0.1, 0.15) is 18.5 Å². The van der Waals surface area contributed by atoms with E-state index in [1.165, 1.54) is 6.07 Å². The monoisotopic (exact) mass is 298 g/mol. The zero-order valence-corrected chi connectivity index (χ0v) is 11.4. The van der Waals surface area contributed by atoms with E-state index in [4.69, 9.17) is 11.6 Å². The molecule has 1 N–H and O–H groups in total. The van der Waals surface area contributed by atoms with E-state index in [2.05, 4.69) is 15.0 Å². The fourth-order valence-corrected chi connectivity index (χ4v) is 1.99. The second-order valence-electron chi connectivity index (χ2n) is 4.17. The van der Waals surface area contributed by atoms with Gasteiger partial charge in [-0.3, -0.25) is 4.98 Å². The Morgan fingerprint density at radius 1 is 1.20 bits per heavy atom. The Morgan fingerprint density at radius 3 is 2.50 bits per heavy atom. The largest absolute Gasteiger partial charge is 0.433 e. The van der Waals surface area contributed by atoms with Gasteiger partial charge in [-0.05, 0) is 42.8 Å². The van der Waals surface area contributed by atoms with Gasteiger partial charge in [0.25, 0.3) is 0 Å². The molecule has 106 valence electrons. The maximum Gasteiger partial charge on any atom is 0.387 e. The Hall–Kier alpha value is -1.88. The van der Waals surface area contributed by atoms with Crippen molar-refractivity contribution in [3.8, 4) is 5.75 Å². The number of ether oxygens (including phenoxy) is 1. The normalized spacial score (nSPS) is 12.2. The Balaban J connectivity index is 2.09. The number of halogens is 3. The van der Waals surface area contributed by atoms with Gasteiger partial charge in [-0.1, -0.05) is 11.6 Å². The van der Waals surface area contributed by atoms with Crippen LogP contribution in [0.15, 0.2) is 42.7 Å². The summed E-state index contributed by atoms with van der Waals surface area (Å²) in [6, 6.07) is 8.44. The first-order chi connectivity index (χ1) is 9.56. The van der Waals surface area contributed by atoms with Crippen molar-refractivity contribution in [1.82, 2.24) is 4.98 Å². The van der Waals surface area contributed by atoms with Gasteiger partial charge in [-0.25, -0.2) is 0 Å². The number of aromatic nitrogens is 1.